The van der Waals surface area contributed by atoms with Crippen LogP contribution in [0.4, 0.5) is 5.69 Å². The summed E-state index contributed by atoms with van der Waals surface area (Å²) in [5.74, 6) is 0. The minimum absolute atomic E-state index is 1.02. The van der Waals surface area contributed by atoms with E-state index in [4.69, 9.17) is 0 Å². The minimum Gasteiger partial charge on any atom is -0.0683 e. The van der Waals surface area contributed by atoms with Gasteiger partial charge in [0.25, 0.3) is 0 Å². The second-order valence-electron chi connectivity index (χ2n) is 8.26. The number of benzene rings is 2. The largest absolute Gasteiger partial charge is 0.0683 e. The molecule has 0 aliphatic rings. The van der Waals surface area contributed by atoms with Crippen LogP contribution in [0, 0.1) is 0 Å². The molecule has 0 aliphatic carbocycles. The zero-order valence-corrected chi connectivity index (χ0v) is 27.5. The molecule has 2 nitrogen and oxygen atoms in total. The number of rotatable bonds is 11. The average Bonchev–Trinajstić information content (AvgIpc) is 2.96. The van der Waals surface area contributed by atoms with Gasteiger partial charge in [0.05, 0.1) is 0 Å². The topological polar surface area (TPSA) is 15.3 Å². The zero-order valence-electron chi connectivity index (χ0n) is 25.3. The Kier molecular flexibility index (Phi) is 19.6. The molecule has 0 amide bonds. The van der Waals surface area contributed by atoms with Gasteiger partial charge in [-0.15, -0.1) is 0 Å². The molecule has 0 unspecified atom stereocenters. The van der Waals surface area contributed by atoms with E-state index in [1.165, 1.54) is 26.7 Å². The van der Waals surface area contributed by atoms with E-state index in [2.05, 4.69) is 122 Å². The van der Waals surface area contributed by atoms with Gasteiger partial charge in [-0.2, -0.15) is 0 Å². The molecule has 1 N–H and O–H groups in total. The Bertz CT molecular complexity index is 1060. The van der Waals surface area contributed by atoms with Crippen molar-refractivity contribution in [3.05, 3.63) is 132 Å². The second-order valence-corrected chi connectivity index (χ2v) is 13.9. The van der Waals surface area contributed by atoms with E-state index in [1.54, 1.807) is 0 Å². The first kappa shape index (κ1) is 35.2. The Hall–Kier alpha value is -2.79. The van der Waals surface area contributed by atoms with Gasteiger partial charge in [-0.25, -0.2) is 0 Å². The molecular weight excluding hydrogens is 575 g/mol. The molecule has 2 aromatic carbocycles. The summed E-state index contributed by atoms with van der Waals surface area (Å²) in [6.45, 7) is 25.0. The smallest absolute Gasteiger partial charge is 0.0683 e. The summed E-state index contributed by atoms with van der Waals surface area (Å²) in [6.07, 6.45) is 11.5. The van der Waals surface area contributed by atoms with Crippen LogP contribution in [0.2, 0.25) is 0 Å². The number of nitrogens with zero attached hydrogens (tertiary/aromatic N) is 1. The molecule has 38 heavy (non-hydrogen) atoms. The van der Waals surface area contributed by atoms with Crippen LogP contribution in [0.15, 0.2) is 127 Å². The first-order chi connectivity index (χ1) is 18.3. The maximum absolute atomic E-state index is 4.20. The first-order valence-corrected chi connectivity index (χ1v) is 18.2. The second kappa shape index (κ2) is 21.2. The summed E-state index contributed by atoms with van der Waals surface area (Å²) < 4.78 is 3.60. The van der Waals surface area contributed by atoms with Crippen molar-refractivity contribution < 1.29 is 0 Å². The molecule has 0 bridgehead atoms. The summed E-state index contributed by atoms with van der Waals surface area (Å²) >= 11 is -1.11. The summed E-state index contributed by atoms with van der Waals surface area (Å²) in [7, 11) is 0. The van der Waals surface area contributed by atoms with Crippen molar-refractivity contribution in [3.63, 3.8) is 0 Å². The molecule has 208 valence electrons. The number of allylic oxidation sites excluding steroid dienone is 8. The number of alkyl halides is 2. The fourth-order valence-corrected chi connectivity index (χ4v) is 6.94. The maximum atomic E-state index is 4.20. The molecule has 0 saturated carbocycles. The van der Waals surface area contributed by atoms with Gasteiger partial charge in [0, 0.05) is 17.5 Å². The standard InChI is InChI=1S/C19H21N.C14H24IN.C2H6/c1-3-16(4-2)19(17-11-7-5-8-12-17)15-20-18-13-9-6-10-14-18;1-8-10-11-13(5)14(6)16(12(3)4)15(7)9-2;1-2/h3,5-15,20H,4H2,1-2H3;8,10-11H,3,6,9H2,1-2,4-5,7H3;1-2H3/b16-3-,19-15+;10-8-,13-11+;. The predicted octanol–water partition coefficient (Wildman–Crippen LogP) is 11.5. The number of halogens is 1. The molecule has 0 heterocycles. The van der Waals surface area contributed by atoms with E-state index in [1.807, 2.05) is 51.1 Å². The Morgan fingerprint density at radius 1 is 0.921 bits per heavy atom. The predicted molar refractivity (Wildman–Crippen MR) is 185 cm³/mol. The minimum atomic E-state index is -1.11. The molecule has 0 radical (unpaired) electrons. The van der Waals surface area contributed by atoms with Crippen molar-refractivity contribution in [2.24, 2.45) is 0 Å². The quantitative estimate of drug-likeness (QED) is 0.116. The fraction of sp³-hybridized carbons (Fsp3) is 0.314. The van der Waals surface area contributed by atoms with Crippen molar-refractivity contribution in [2.75, 3.05) is 14.7 Å². The van der Waals surface area contributed by atoms with Crippen molar-refractivity contribution in [2.45, 2.75) is 61.8 Å². The number of hydrogen-bond donors (Lipinski definition) is 1. The zero-order chi connectivity index (χ0) is 28.9. The Balaban J connectivity index is 0.000000694. The van der Waals surface area contributed by atoms with Gasteiger partial charge in [-0.1, -0.05) is 75.4 Å². The van der Waals surface area contributed by atoms with Crippen molar-refractivity contribution in [1.82, 2.24) is 3.11 Å². The van der Waals surface area contributed by atoms with Gasteiger partial charge in [0.2, 0.25) is 0 Å². The van der Waals surface area contributed by atoms with Crippen LogP contribution >= 0.6 is 20.1 Å². The molecule has 2 aromatic rings. The van der Waals surface area contributed by atoms with E-state index in [-0.39, 0.29) is 0 Å². The number of para-hydroxylation sites is 1. The molecule has 0 saturated heterocycles. The SMILES string of the molecule is C/C=C(CC)\C(=C/Nc1ccccc1)c1ccccc1.C=C(C)N(C(=C)/C(C)=C/C=C\C)I(C)CC.CC. The summed E-state index contributed by atoms with van der Waals surface area (Å²) in [5, 5.41) is 3.39. The van der Waals surface area contributed by atoms with Gasteiger partial charge in [0.1, 0.15) is 0 Å². The van der Waals surface area contributed by atoms with E-state index in [9.17, 15) is 0 Å². The van der Waals surface area contributed by atoms with Crippen LogP contribution in [0.25, 0.3) is 5.57 Å². The molecule has 0 aromatic heterocycles. The van der Waals surface area contributed by atoms with Crippen LogP contribution in [0.5, 0.6) is 0 Å². The molecular formula is C35H51IN2. The van der Waals surface area contributed by atoms with E-state index >= 15 is 0 Å². The van der Waals surface area contributed by atoms with Gasteiger partial charge >= 0.3 is 109 Å². The number of hydrogen-bond acceptors (Lipinski definition) is 2. The van der Waals surface area contributed by atoms with Crippen molar-refractivity contribution in [1.29, 1.82) is 0 Å². The van der Waals surface area contributed by atoms with Gasteiger partial charge in [0.15, 0.2) is 0 Å². The number of anilines is 1. The maximum Gasteiger partial charge on any atom is -0.0683 e. The third-order valence-electron chi connectivity index (χ3n) is 5.56. The van der Waals surface area contributed by atoms with Gasteiger partial charge < -0.3 is 5.32 Å². The molecule has 3 heteroatoms. The molecule has 0 atom stereocenters. The average molecular weight is 627 g/mol. The van der Waals surface area contributed by atoms with E-state index in [0.29, 0.717) is 0 Å². The monoisotopic (exact) mass is 626 g/mol. The van der Waals surface area contributed by atoms with Crippen LogP contribution in [0.1, 0.15) is 67.4 Å². The number of nitrogens with one attached hydrogen (secondary N) is 1. The summed E-state index contributed by atoms with van der Waals surface area (Å²) in [5.41, 5.74) is 8.39. The first-order valence-electron chi connectivity index (χ1n) is 13.5. The van der Waals surface area contributed by atoms with Crippen LogP contribution < -0.4 is 5.32 Å². The van der Waals surface area contributed by atoms with E-state index < -0.39 is 20.1 Å². The van der Waals surface area contributed by atoms with Crippen LogP contribution in [-0.2, 0) is 0 Å². The molecule has 0 aliphatic heterocycles. The Labute approximate surface area is 242 Å². The van der Waals surface area contributed by atoms with Crippen molar-refractivity contribution in [3.8, 4) is 0 Å². The van der Waals surface area contributed by atoms with Crippen molar-refractivity contribution >= 4 is 31.4 Å². The normalized spacial score (nSPS) is 12.0. The third-order valence-corrected chi connectivity index (χ3v) is 10.8. The van der Waals surface area contributed by atoms with Gasteiger partial charge in [-0.3, -0.25) is 0 Å². The fourth-order valence-electron chi connectivity index (χ4n) is 3.48. The van der Waals surface area contributed by atoms with E-state index in [0.717, 1.165) is 23.5 Å². The third kappa shape index (κ3) is 12.6. The molecule has 0 spiro atoms. The Morgan fingerprint density at radius 2 is 1.47 bits per heavy atom. The molecule has 2 rings (SSSR count). The summed E-state index contributed by atoms with van der Waals surface area (Å²) in [6, 6.07) is 20.7. The van der Waals surface area contributed by atoms with Gasteiger partial charge in [-0.05, 0) is 36.6 Å². The van der Waals surface area contributed by atoms with Crippen LogP contribution in [-0.4, -0.2) is 12.5 Å². The van der Waals surface area contributed by atoms with Crippen LogP contribution in [0.3, 0.4) is 0 Å². The molecule has 0 fully saturated rings. The Morgan fingerprint density at radius 3 is 1.92 bits per heavy atom. The summed E-state index contributed by atoms with van der Waals surface area (Å²) in [4.78, 5) is 2.35.